The van der Waals surface area contributed by atoms with Gasteiger partial charge in [0.15, 0.2) is 0 Å². The molecule has 0 amide bonds. The molecule has 12 heavy (non-hydrogen) atoms. The highest BCUT2D eigenvalue weighted by Crippen LogP contribution is 1.95. The second kappa shape index (κ2) is 5.91. The highest BCUT2D eigenvalue weighted by Gasteiger charge is 2.11. The number of likely N-dealkylation sites (N-methyl/N-ethyl adjacent to an activating group) is 1. The Hall–Kier alpha value is 0.360. The van der Waals surface area contributed by atoms with Crippen LogP contribution < -0.4 is 5.43 Å². The topological polar surface area (TPSA) is 18.5 Å². The lowest BCUT2D eigenvalue weighted by molar-refractivity contribution is 0.105. The average molecular weight is 236 g/mol. The van der Waals surface area contributed by atoms with E-state index in [1.165, 1.54) is 19.5 Å². The van der Waals surface area contributed by atoms with E-state index in [4.69, 9.17) is 0 Å². The number of alkyl halides is 1. The van der Waals surface area contributed by atoms with Gasteiger partial charge in [-0.25, -0.2) is 5.01 Å². The van der Waals surface area contributed by atoms with Gasteiger partial charge < -0.3 is 4.90 Å². The molecular formula is C8H18BrN3. The smallest absolute Gasteiger partial charge is 0.0259 e. The molecule has 1 heterocycles. The van der Waals surface area contributed by atoms with Crippen LogP contribution in [0.25, 0.3) is 0 Å². The zero-order valence-corrected chi connectivity index (χ0v) is 9.31. The molecule has 0 aromatic heterocycles. The quantitative estimate of drug-likeness (QED) is 0.567. The molecule has 0 bridgehead atoms. The van der Waals surface area contributed by atoms with E-state index in [-0.39, 0.29) is 0 Å². The van der Waals surface area contributed by atoms with Crippen LogP contribution >= 0.6 is 15.9 Å². The minimum absolute atomic E-state index is 1.09. The van der Waals surface area contributed by atoms with Gasteiger partial charge in [0.25, 0.3) is 0 Å². The summed E-state index contributed by atoms with van der Waals surface area (Å²) in [5.74, 6) is 0. The number of hydrogen-bond acceptors (Lipinski definition) is 3. The molecular weight excluding hydrogens is 218 g/mol. The average Bonchev–Trinajstić information content (AvgIpc) is 2.09. The summed E-state index contributed by atoms with van der Waals surface area (Å²) in [6.45, 7) is 5.76. The SMILES string of the molecule is CN1CCN(NCCCBr)CC1. The number of piperazine rings is 1. The lowest BCUT2D eigenvalue weighted by Crippen LogP contribution is -2.50. The van der Waals surface area contributed by atoms with Crippen LogP contribution in [0.3, 0.4) is 0 Å². The Balaban J connectivity index is 2.01. The molecule has 0 atom stereocenters. The van der Waals surface area contributed by atoms with E-state index in [1.54, 1.807) is 0 Å². The molecule has 0 spiro atoms. The fraction of sp³-hybridized carbons (Fsp3) is 1.00. The maximum absolute atomic E-state index is 3.42. The molecule has 1 fully saturated rings. The van der Waals surface area contributed by atoms with Crippen molar-refractivity contribution in [3.05, 3.63) is 0 Å². The summed E-state index contributed by atoms with van der Waals surface area (Å²) in [6, 6.07) is 0. The normalized spacial score (nSPS) is 21.5. The molecule has 0 saturated carbocycles. The first-order valence-corrected chi connectivity index (χ1v) is 5.68. The molecule has 1 saturated heterocycles. The molecule has 3 nitrogen and oxygen atoms in total. The Kier molecular flexibility index (Phi) is 5.14. The third-order valence-electron chi connectivity index (χ3n) is 2.15. The zero-order chi connectivity index (χ0) is 8.81. The van der Waals surface area contributed by atoms with Crippen molar-refractivity contribution in [1.82, 2.24) is 15.3 Å². The Morgan fingerprint density at radius 1 is 1.25 bits per heavy atom. The summed E-state index contributed by atoms with van der Waals surface area (Å²) in [5, 5.41) is 3.41. The van der Waals surface area contributed by atoms with Gasteiger partial charge in [-0.2, -0.15) is 0 Å². The predicted octanol–water partition coefficient (Wildman–Crippen LogP) is 0.523. The molecule has 0 aliphatic carbocycles. The lowest BCUT2D eigenvalue weighted by atomic mass is 10.4. The molecule has 4 heteroatoms. The van der Waals surface area contributed by atoms with Gasteiger partial charge >= 0.3 is 0 Å². The first-order chi connectivity index (χ1) is 5.83. The van der Waals surface area contributed by atoms with Crippen LogP contribution in [0.1, 0.15) is 6.42 Å². The van der Waals surface area contributed by atoms with Gasteiger partial charge in [-0.05, 0) is 13.5 Å². The Morgan fingerprint density at radius 3 is 2.50 bits per heavy atom. The molecule has 0 aromatic carbocycles. The van der Waals surface area contributed by atoms with Crippen LogP contribution in [-0.4, -0.2) is 55.0 Å². The van der Waals surface area contributed by atoms with Crippen LogP contribution in [0.2, 0.25) is 0 Å². The number of hydrogen-bond donors (Lipinski definition) is 1. The maximum atomic E-state index is 3.42. The second-order valence-corrected chi connectivity index (χ2v) is 4.03. The van der Waals surface area contributed by atoms with Crippen molar-refractivity contribution >= 4 is 15.9 Å². The van der Waals surface area contributed by atoms with Gasteiger partial charge in [0.05, 0.1) is 0 Å². The van der Waals surface area contributed by atoms with Crippen molar-refractivity contribution in [2.24, 2.45) is 0 Å². The van der Waals surface area contributed by atoms with Crippen LogP contribution in [0.15, 0.2) is 0 Å². The first kappa shape index (κ1) is 10.4. The summed E-state index contributed by atoms with van der Waals surface area (Å²) >= 11 is 3.42. The van der Waals surface area contributed by atoms with Crippen molar-refractivity contribution < 1.29 is 0 Å². The van der Waals surface area contributed by atoms with E-state index in [0.29, 0.717) is 0 Å². The third-order valence-corrected chi connectivity index (χ3v) is 2.71. The van der Waals surface area contributed by atoms with E-state index < -0.39 is 0 Å². The summed E-state index contributed by atoms with van der Waals surface area (Å²) in [5.41, 5.74) is 3.42. The van der Waals surface area contributed by atoms with Crippen molar-refractivity contribution in [3.63, 3.8) is 0 Å². The second-order valence-electron chi connectivity index (χ2n) is 3.24. The lowest BCUT2D eigenvalue weighted by Gasteiger charge is -2.32. The van der Waals surface area contributed by atoms with Gasteiger partial charge in [0.2, 0.25) is 0 Å². The van der Waals surface area contributed by atoms with Crippen LogP contribution in [-0.2, 0) is 0 Å². The van der Waals surface area contributed by atoms with E-state index in [9.17, 15) is 0 Å². The predicted molar refractivity (Wildman–Crippen MR) is 55.5 cm³/mol. The van der Waals surface area contributed by atoms with Gasteiger partial charge in [-0.1, -0.05) is 15.9 Å². The molecule has 0 aromatic rings. The van der Waals surface area contributed by atoms with Gasteiger partial charge in [-0.15, -0.1) is 0 Å². The number of hydrazine groups is 1. The number of nitrogens with one attached hydrogen (secondary N) is 1. The summed E-state index contributed by atoms with van der Waals surface area (Å²) in [6.07, 6.45) is 1.20. The van der Waals surface area contributed by atoms with Crippen molar-refractivity contribution in [2.75, 3.05) is 45.1 Å². The molecule has 1 aliphatic heterocycles. The molecule has 0 radical (unpaired) electrons. The molecule has 1 aliphatic rings. The fourth-order valence-electron chi connectivity index (χ4n) is 1.27. The van der Waals surface area contributed by atoms with Gasteiger partial charge in [0, 0.05) is 38.1 Å². The minimum Gasteiger partial charge on any atom is -0.304 e. The molecule has 72 valence electrons. The largest absolute Gasteiger partial charge is 0.304 e. The Bertz CT molecular complexity index is 113. The number of nitrogens with zero attached hydrogens (tertiary/aromatic N) is 2. The van der Waals surface area contributed by atoms with Crippen molar-refractivity contribution in [1.29, 1.82) is 0 Å². The fourth-order valence-corrected chi connectivity index (χ4v) is 1.55. The molecule has 1 N–H and O–H groups in total. The van der Waals surface area contributed by atoms with Crippen molar-refractivity contribution in [3.8, 4) is 0 Å². The summed E-state index contributed by atoms with van der Waals surface area (Å²) < 4.78 is 0. The van der Waals surface area contributed by atoms with Crippen LogP contribution in [0, 0.1) is 0 Å². The highest BCUT2D eigenvalue weighted by molar-refractivity contribution is 9.09. The monoisotopic (exact) mass is 235 g/mol. The third kappa shape index (κ3) is 3.85. The van der Waals surface area contributed by atoms with Crippen molar-refractivity contribution in [2.45, 2.75) is 6.42 Å². The van der Waals surface area contributed by atoms with E-state index in [2.05, 4.69) is 38.3 Å². The number of rotatable bonds is 4. The highest BCUT2D eigenvalue weighted by atomic mass is 79.9. The van der Waals surface area contributed by atoms with Gasteiger partial charge in [-0.3, -0.25) is 5.43 Å². The minimum atomic E-state index is 1.09. The van der Waals surface area contributed by atoms with E-state index in [0.717, 1.165) is 25.0 Å². The standard InChI is InChI=1S/C8H18BrN3/c1-11-5-7-12(8-6-11)10-4-2-3-9/h10H,2-8H2,1H3. The van der Waals surface area contributed by atoms with E-state index in [1.807, 2.05) is 0 Å². The summed E-state index contributed by atoms with van der Waals surface area (Å²) in [4.78, 5) is 2.36. The zero-order valence-electron chi connectivity index (χ0n) is 7.72. The van der Waals surface area contributed by atoms with E-state index >= 15 is 0 Å². The molecule has 0 unspecified atom stereocenters. The first-order valence-electron chi connectivity index (χ1n) is 4.56. The Morgan fingerprint density at radius 2 is 1.92 bits per heavy atom. The van der Waals surface area contributed by atoms with Crippen LogP contribution in [0.5, 0.6) is 0 Å². The number of halogens is 1. The van der Waals surface area contributed by atoms with Crippen LogP contribution in [0.4, 0.5) is 0 Å². The summed E-state index contributed by atoms with van der Waals surface area (Å²) in [7, 11) is 2.18. The molecule has 1 rings (SSSR count). The Labute approximate surface area is 83.2 Å². The maximum Gasteiger partial charge on any atom is 0.0259 e. The van der Waals surface area contributed by atoms with Gasteiger partial charge in [0.1, 0.15) is 0 Å².